The Morgan fingerprint density at radius 2 is 1.44 bits per heavy atom. The molecule has 1 fully saturated rings. The number of amides is 2. The molecule has 0 radical (unpaired) electrons. The Hall–Kier alpha value is -2.95. The number of carbonyl (C=O) groups is 2. The Bertz CT molecular complexity index is 1200. The van der Waals surface area contributed by atoms with Gasteiger partial charge in [0.2, 0.25) is 5.91 Å². The molecule has 36 heavy (non-hydrogen) atoms. The van der Waals surface area contributed by atoms with Crippen molar-refractivity contribution in [3.63, 3.8) is 0 Å². The van der Waals surface area contributed by atoms with E-state index >= 15 is 0 Å². The molecule has 2 aromatic carbocycles. The largest absolute Gasteiger partial charge is 0.442 e. The van der Waals surface area contributed by atoms with E-state index in [9.17, 15) is 18.0 Å². The summed E-state index contributed by atoms with van der Waals surface area (Å²) in [6.45, 7) is 8.51. The van der Waals surface area contributed by atoms with Crippen LogP contribution in [0.1, 0.15) is 44.9 Å². The quantitative estimate of drug-likeness (QED) is 0.563. The summed E-state index contributed by atoms with van der Waals surface area (Å²) in [6, 6.07) is 15.7. The lowest BCUT2D eigenvalue weighted by atomic mass is 10.0. The number of hydrogen-bond donors (Lipinski definition) is 0. The fourth-order valence-corrected chi connectivity index (χ4v) is 5.27. The van der Waals surface area contributed by atoms with Crippen molar-refractivity contribution >= 4 is 22.1 Å². The molecule has 2 aromatic rings. The van der Waals surface area contributed by atoms with Gasteiger partial charge < -0.3 is 9.64 Å². The van der Waals surface area contributed by atoms with E-state index in [1.165, 1.54) is 29.2 Å². The molecule has 2 aliphatic rings. The zero-order chi connectivity index (χ0) is 26.3. The van der Waals surface area contributed by atoms with Crippen molar-refractivity contribution in [1.29, 1.82) is 0 Å². The predicted molar refractivity (Wildman–Crippen MR) is 135 cm³/mol. The van der Waals surface area contributed by atoms with Crippen LogP contribution in [-0.4, -0.2) is 79.4 Å². The number of piperazine rings is 1. The minimum absolute atomic E-state index is 0.110. The van der Waals surface area contributed by atoms with Crippen LogP contribution in [0.4, 0.5) is 4.79 Å². The molecule has 1 saturated heterocycles. The van der Waals surface area contributed by atoms with Crippen LogP contribution in [0.5, 0.6) is 0 Å². The molecule has 0 N–H and O–H groups in total. The topological polar surface area (TPSA) is 96.5 Å². The first kappa shape index (κ1) is 26.1. The van der Waals surface area contributed by atoms with Gasteiger partial charge in [0.15, 0.2) is 0 Å². The van der Waals surface area contributed by atoms with E-state index in [1.54, 1.807) is 25.7 Å². The van der Waals surface area contributed by atoms with Crippen molar-refractivity contribution in [1.82, 2.24) is 14.9 Å². The SMILES string of the molecule is C[C@@H](C(=O)N1CCN(C2c3ccccc3-c3ccccc32)CC1)N(OS(C)(=O)=O)C(=O)OC(C)(C)C. The lowest BCUT2D eigenvalue weighted by Crippen LogP contribution is -2.56. The zero-order valence-electron chi connectivity index (χ0n) is 21.3. The normalized spacial score (nSPS) is 17.3. The minimum atomic E-state index is -4.06. The highest BCUT2D eigenvalue weighted by Crippen LogP contribution is 2.46. The van der Waals surface area contributed by atoms with Crippen molar-refractivity contribution in [3.8, 4) is 11.1 Å². The van der Waals surface area contributed by atoms with Gasteiger partial charge in [-0.15, -0.1) is 4.28 Å². The number of ether oxygens (including phenoxy) is 1. The molecule has 1 atom stereocenters. The van der Waals surface area contributed by atoms with Crippen molar-refractivity contribution in [3.05, 3.63) is 59.7 Å². The summed E-state index contributed by atoms with van der Waals surface area (Å²) in [6.07, 6.45) is -0.218. The van der Waals surface area contributed by atoms with Crippen molar-refractivity contribution in [2.75, 3.05) is 32.4 Å². The Morgan fingerprint density at radius 1 is 0.944 bits per heavy atom. The third kappa shape index (κ3) is 5.55. The third-order valence-corrected chi connectivity index (χ3v) is 6.72. The van der Waals surface area contributed by atoms with E-state index in [0.29, 0.717) is 31.2 Å². The van der Waals surface area contributed by atoms with Gasteiger partial charge in [-0.3, -0.25) is 9.69 Å². The fourth-order valence-electron chi connectivity index (χ4n) is 4.79. The third-order valence-electron chi connectivity index (χ3n) is 6.29. The lowest BCUT2D eigenvalue weighted by molar-refractivity contribution is -0.151. The summed E-state index contributed by atoms with van der Waals surface area (Å²) in [7, 11) is -4.06. The Kier molecular flexibility index (Phi) is 7.14. The summed E-state index contributed by atoms with van der Waals surface area (Å²) in [4.78, 5) is 30.0. The van der Waals surface area contributed by atoms with Gasteiger partial charge in [0.25, 0.3) is 10.1 Å². The van der Waals surface area contributed by atoms with Crippen LogP contribution in [0.2, 0.25) is 0 Å². The second kappa shape index (κ2) is 9.84. The van der Waals surface area contributed by atoms with Crippen LogP contribution >= 0.6 is 0 Å². The number of hydroxylamine groups is 2. The van der Waals surface area contributed by atoms with Gasteiger partial charge in [0.1, 0.15) is 11.6 Å². The van der Waals surface area contributed by atoms with Crippen LogP contribution in [0.15, 0.2) is 48.5 Å². The maximum atomic E-state index is 13.3. The number of rotatable bonds is 5. The Morgan fingerprint density at radius 3 is 1.92 bits per heavy atom. The van der Waals surface area contributed by atoms with Crippen LogP contribution in [0, 0.1) is 0 Å². The molecule has 0 bridgehead atoms. The lowest BCUT2D eigenvalue weighted by Gasteiger charge is -2.40. The maximum Gasteiger partial charge on any atom is 0.436 e. The molecule has 0 saturated carbocycles. The molecule has 9 nitrogen and oxygen atoms in total. The molecule has 0 spiro atoms. The molecule has 2 amide bonds. The molecular weight excluding hydrogens is 482 g/mol. The summed E-state index contributed by atoms with van der Waals surface area (Å²) in [5, 5.41) is 0.513. The number of nitrogens with zero attached hydrogens (tertiary/aromatic N) is 3. The highest BCUT2D eigenvalue weighted by atomic mass is 32.2. The van der Waals surface area contributed by atoms with Crippen molar-refractivity contribution in [2.24, 2.45) is 0 Å². The average Bonchev–Trinajstić information content (AvgIpc) is 3.14. The molecule has 4 rings (SSSR count). The van der Waals surface area contributed by atoms with Gasteiger partial charge in [0, 0.05) is 26.2 Å². The second-order valence-corrected chi connectivity index (χ2v) is 11.8. The van der Waals surface area contributed by atoms with Gasteiger partial charge in [-0.1, -0.05) is 48.5 Å². The molecule has 0 aromatic heterocycles. The smallest absolute Gasteiger partial charge is 0.436 e. The first-order valence-electron chi connectivity index (χ1n) is 12.0. The predicted octanol–water partition coefficient (Wildman–Crippen LogP) is 3.42. The average molecular weight is 516 g/mol. The number of hydrogen-bond acceptors (Lipinski definition) is 7. The van der Waals surface area contributed by atoms with Crippen LogP contribution in [0.25, 0.3) is 11.1 Å². The molecule has 0 unspecified atom stereocenters. The monoisotopic (exact) mass is 515 g/mol. The number of fused-ring (bicyclic) bond motifs is 3. The van der Waals surface area contributed by atoms with Crippen LogP contribution in [-0.2, 0) is 23.9 Å². The molecule has 1 heterocycles. The Balaban J connectivity index is 1.48. The van der Waals surface area contributed by atoms with E-state index in [-0.39, 0.29) is 6.04 Å². The van der Waals surface area contributed by atoms with Gasteiger partial charge in [-0.05, 0) is 49.9 Å². The second-order valence-electron chi connectivity index (χ2n) is 10.2. The van der Waals surface area contributed by atoms with Gasteiger partial charge in [0.05, 0.1) is 12.3 Å². The number of carbonyl (C=O) groups excluding carboxylic acids is 2. The summed E-state index contributed by atoms with van der Waals surface area (Å²) >= 11 is 0. The van der Waals surface area contributed by atoms with Crippen molar-refractivity contribution in [2.45, 2.75) is 45.4 Å². The van der Waals surface area contributed by atoms with E-state index in [4.69, 9.17) is 9.02 Å². The van der Waals surface area contributed by atoms with Crippen LogP contribution in [0.3, 0.4) is 0 Å². The molecule has 10 heteroatoms. The highest BCUT2D eigenvalue weighted by Gasteiger charge is 2.39. The van der Waals surface area contributed by atoms with E-state index in [2.05, 4.69) is 29.2 Å². The fraction of sp³-hybridized carbons (Fsp3) is 0.462. The van der Waals surface area contributed by atoms with E-state index in [1.807, 2.05) is 24.3 Å². The van der Waals surface area contributed by atoms with Gasteiger partial charge in [-0.2, -0.15) is 13.5 Å². The molecule has 1 aliphatic heterocycles. The highest BCUT2D eigenvalue weighted by molar-refractivity contribution is 7.85. The van der Waals surface area contributed by atoms with Gasteiger partial charge in [-0.25, -0.2) is 4.79 Å². The van der Waals surface area contributed by atoms with E-state index in [0.717, 1.165) is 6.26 Å². The maximum absolute atomic E-state index is 13.3. The summed E-state index contributed by atoms with van der Waals surface area (Å²) < 4.78 is 33.8. The molecule has 194 valence electrons. The zero-order valence-corrected chi connectivity index (χ0v) is 22.1. The Labute approximate surface area is 212 Å². The molecule has 1 aliphatic carbocycles. The van der Waals surface area contributed by atoms with Crippen molar-refractivity contribution < 1.29 is 27.0 Å². The van der Waals surface area contributed by atoms with E-state index < -0.39 is 33.8 Å². The van der Waals surface area contributed by atoms with Gasteiger partial charge >= 0.3 is 6.09 Å². The minimum Gasteiger partial charge on any atom is -0.442 e. The van der Waals surface area contributed by atoms with Crippen LogP contribution < -0.4 is 0 Å². The first-order chi connectivity index (χ1) is 16.9. The molecular formula is C26H33N3O6S. The number of benzene rings is 2. The standard InChI is InChI=1S/C26H33N3O6S/c1-18(29(35-36(5,32)33)25(31)34-26(2,3)4)24(30)28-16-14-27(15-17-28)23-21-12-8-6-10-19(21)20-11-7-9-13-22(20)23/h6-13,18,23H,14-17H2,1-5H3/t18-/m0/s1. The summed E-state index contributed by atoms with van der Waals surface area (Å²) in [5.41, 5.74) is 4.08. The first-order valence-corrected chi connectivity index (χ1v) is 13.8. The summed E-state index contributed by atoms with van der Waals surface area (Å²) in [5.74, 6) is -0.406.